The maximum atomic E-state index is 4.95. The predicted octanol–water partition coefficient (Wildman–Crippen LogP) is 3.03. The van der Waals surface area contributed by atoms with Crippen molar-refractivity contribution in [3.8, 4) is 0 Å². The summed E-state index contributed by atoms with van der Waals surface area (Å²) in [6, 6.07) is 0. The Kier molecular flexibility index (Phi) is 9.71. The second kappa shape index (κ2) is 10.7. The van der Waals surface area contributed by atoms with Gasteiger partial charge in [-0.3, -0.25) is 4.99 Å². The number of nitrogens with zero attached hydrogens (tertiary/aromatic N) is 3. The average Bonchev–Trinajstić information content (AvgIpc) is 2.91. The van der Waals surface area contributed by atoms with Gasteiger partial charge in [0, 0.05) is 32.7 Å². The van der Waals surface area contributed by atoms with E-state index in [0.717, 1.165) is 30.9 Å². The molecule has 2 heterocycles. The van der Waals surface area contributed by atoms with Crippen molar-refractivity contribution < 1.29 is 0 Å². The Balaban J connectivity index is 0.00000242. The van der Waals surface area contributed by atoms with Gasteiger partial charge in [0.05, 0.1) is 0 Å². The van der Waals surface area contributed by atoms with E-state index in [4.69, 9.17) is 4.99 Å². The normalized spacial score (nSPS) is 26.9. The van der Waals surface area contributed by atoms with E-state index >= 15 is 0 Å². The molecule has 0 spiro atoms. The molecule has 1 N–H and O–H groups in total. The second-order valence-corrected chi connectivity index (χ2v) is 6.84. The van der Waals surface area contributed by atoms with E-state index < -0.39 is 0 Å². The van der Waals surface area contributed by atoms with Gasteiger partial charge >= 0.3 is 0 Å². The SMILES string of the molecule is CCCN1CCC(CN=C(NCC)N2CCCC(C)C2)C1.I. The van der Waals surface area contributed by atoms with Gasteiger partial charge < -0.3 is 15.1 Å². The van der Waals surface area contributed by atoms with E-state index in [-0.39, 0.29) is 24.0 Å². The summed E-state index contributed by atoms with van der Waals surface area (Å²) < 4.78 is 0. The second-order valence-electron chi connectivity index (χ2n) is 6.84. The highest BCUT2D eigenvalue weighted by molar-refractivity contribution is 14.0. The molecular weight excluding hydrogens is 387 g/mol. The molecule has 2 atom stereocenters. The van der Waals surface area contributed by atoms with Crippen LogP contribution in [0.3, 0.4) is 0 Å². The first kappa shape index (κ1) is 20.0. The Morgan fingerprint density at radius 3 is 2.68 bits per heavy atom. The summed E-state index contributed by atoms with van der Waals surface area (Å²) in [6.45, 7) is 14.9. The zero-order valence-electron chi connectivity index (χ0n) is 14.7. The molecule has 0 saturated carbocycles. The number of guanidine groups is 1. The summed E-state index contributed by atoms with van der Waals surface area (Å²) in [4.78, 5) is 10.0. The van der Waals surface area contributed by atoms with Gasteiger partial charge in [-0.2, -0.15) is 0 Å². The van der Waals surface area contributed by atoms with Crippen molar-refractivity contribution in [3.63, 3.8) is 0 Å². The number of aliphatic imine (C=N–C) groups is 1. The molecule has 0 aliphatic carbocycles. The minimum atomic E-state index is 0. The van der Waals surface area contributed by atoms with Crippen LogP contribution in [-0.4, -0.2) is 61.6 Å². The van der Waals surface area contributed by atoms with Gasteiger partial charge in [0.25, 0.3) is 0 Å². The van der Waals surface area contributed by atoms with Crippen LogP contribution >= 0.6 is 24.0 Å². The minimum absolute atomic E-state index is 0. The van der Waals surface area contributed by atoms with E-state index in [9.17, 15) is 0 Å². The lowest BCUT2D eigenvalue weighted by Crippen LogP contribution is -2.46. The third-order valence-corrected chi connectivity index (χ3v) is 4.70. The van der Waals surface area contributed by atoms with Gasteiger partial charge in [-0.05, 0) is 57.5 Å². The molecule has 130 valence electrons. The van der Waals surface area contributed by atoms with Crippen molar-refractivity contribution in [2.45, 2.75) is 46.5 Å². The molecule has 2 aliphatic heterocycles. The molecule has 2 fully saturated rings. The standard InChI is InChI=1S/C17H34N4.HI/c1-4-9-20-11-8-16(14-20)12-19-17(18-5-2)21-10-6-7-15(3)13-21;/h15-16H,4-14H2,1-3H3,(H,18,19);1H. The Labute approximate surface area is 154 Å². The van der Waals surface area contributed by atoms with E-state index in [0.29, 0.717) is 0 Å². The molecule has 4 nitrogen and oxygen atoms in total. The molecule has 2 rings (SSSR count). The molecule has 0 aromatic rings. The Hall–Kier alpha value is -0.0400. The largest absolute Gasteiger partial charge is 0.357 e. The third-order valence-electron chi connectivity index (χ3n) is 4.70. The topological polar surface area (TPSA) is 30.9 Å². The number of hydrogen-bond donors (Lipinski definition) is 1. The summed E-state index contributed by atoms with van der Waals surface area (Å²) in [6.07, 6.45) is 5.26. The van der Waals surface area contributed by atoms with Crippen molar-refractivity contribution in [2.24, 2.45) is 16.8 Å². The fourth-order valence-electron chi connectivity index (χ4n) is 3.60. The first-order chi connectivity index (χ1) is 10.2. The molecule has 0 aromatic heterocycles. The summed E-state index contributed by atoms with van der Waals surface area (Å²) in [5, 5.41) is 3.50. The van der Waals surface area contributed by atoms with Crippen LogP contribution in [-0.2, 0) is 0 Å². The van der Waals surface area contributed by atoms with E-state index in [1.807, 2.05) is 0 Å². The summed E-state index contributed by atoms with van der Waals surface area (Å²) in [7, 11) is 0. The van der Waals surface area contributed by atoms with Gasteiger partial charge in [0.1, 0.15) is 0 Å². The molecule has 2 aliphatic rings. The zero-order valence-corrected chi connectivity index (χ0v) is 17.0. The molecule has 2 unspecified atom stereocenters. The number of rotatable bonds is 5. The van der Waals surface area contributed by atoms with Crippen LogP contribution < -0.4 is 5.32 Å². The highest BCUT2D eigenvalue weighted by atomic mass is 127. The lowest BCUT2D eigenvalue weighted by atomic mass is 10.0. The van der Waals surface area contributed by atoms with Crippen molar-refractivity contribution in [1.29, 1.82) is 0 Å². The molecule has 22 heavy (non-hydrogen) atoms. The zero-order chi connectivity index (χ0) is 15.1. The van der Waals surface area contributed by atoms with Crippen molar-refractivity contribution in [1.82, 2.24) is 15.1 Å². The Bertz CT molecular complexity index is 335. The maximum Gasteiger partial charge on any atom is 0.193 e. The van der Waals surface area contributed by atoms with E-state index in [1.54, 1.807) is 0 Å². The Morgan fingerprint density at radius 2 is 2.00 bits per heavy atom. The molecule has 0 bridgehead atoms. The van der Waals surface area contributed by atoms with Gasteiger partial charge in [-0.25, -0.2) is 0 Å². The minimum Gasteiger partial charge on any atom is -0.357 e. The van der Waals surface area contributed by atoms with E-state index in [2.05, 4.69) is 35.9 Å². The lowest BCUT2D eigenvalue weighted by molar-refractivity contribution is 0.265. The van der Waals surface area contributed by atoms with E-state index in [1.165, 1.54) is 58.4 Å². The summed E-state index contributed by atoms with van der Waals surface area (Å²) in [5.41, 5.74) is 0. The summed E-state index contributed by atoms with van der Waals surface area (Å²) in [5.74, 6) is 2.71. The highest BCUT2D eigenvalue weighted by Gasteiger charge is 2.23. The van der Waals surface area contributed by atoms with Crippen LogP contribution in [0.2, 0.25) is 0 Å². The first-order valence-electron chi connectivity index (χ1n) is 8.98. The fraction of sp³-hybridized carbons (Fsp3) is 0.941. The third kappa shape index (κ3) is 6.22. The number of halogens is 1. The number of hydrogen-bond acceptors (Lipinski definition) is 2. The first-order valence-corrected chi connectivity index (χ1v) is 8.98. The maximum absolute atomic E-state index is 4.95. The van der Waals surface area contributed by atoms with Crippen LogP contribution in [0.1, 0.15) is 46.5 Å². The van der Waals surface area contributed by atoms with Crippen molar-refractivity contribution in [2.75, 3.05) is 45.8 Å². The van der Waals surface area contributed by atoms with Crippen LogP contribution in [0.25, 0.3) is 0 Å². The van der Waals surface area contributed by atoms with Crippen LogP contribution in [0.5, 0.6) is 0 Å². The fourth-order valence-corrected chi connectivity index (χ4v) is 3.60. The van der Waals surface area contributed by atoms with Gasteiger partial charge in [-0.1, -0.05) is 13.8 Å². The molecule has 2 saturated heterocycles. The molecule has 0 amide bonds. The average molecular weight is 422 g/mol. The lowest BCUT2D eigenvalue weighted by Gasteiger charge is -2.33. The van der Waals surface area contributed by atoms with Crippen molar-refractivity contribution >= 4 is 29.9 Å². The van der Waals surface area contributed by atoms with Gasteiger partial charge in [0.15, 0.2) is 5.96 Å². The van der Waals surface area contributed by atoms with Crippen LogP contribution in [0, 0.1) is 11.8 Å². The molecule has 0 radical (unpaired) electrons. The predicted molar refractivity (Wildman–Crippen MR) is 106 cm³/mol. The Morgan fingerprint density at radius 1 is 1.18 bits per heavy atom. The number of nitrogens with one attached hydrogen (secondary N) is 1. The highest BCUT2D eigenvalue weighted by Crippen LogP contribution is 2.18. The van der Waals surface area contributed by atoms with Crippen LogP contribution in [0.4, 0.5) is 0 Å². The van der Waals surface area contributed by atoms with Crippen LogP contribution in [0.15, 0.2) is 4.99 Å². The smallest absolute Gasteiger partial charge is 0.193 e. The quantitative estimate of drug-likeness (QED) is 0.420. The molecule has 5 heteroatoms. The van der Waals surface area contributed by atoms with Gasteiger partial charge in [-0.15, -0.1) is 24.0 Å². The number of likely N-dealkylation sites (tertiary alicyclic amines) is 2. The van der Waals surface area contributed by atoms with Crippen molar-refractivity contribution in [3.05, 3.63) is 0 Å². The molecule has 0 aromatic carbocycles. The number of piperidine rings is 1. The monoisotopic (exact) mass is 422 g/mol. The summed E-state index contributed by atoms with van der Waals surface area (Å²) >= 11 is 0. The molecular formula is C17H35IN4. The van der Waals surface area contributed by atoms with Gasteiger partial charge in [0.2, 0.25) is 0 Å².